The molecule has 2 atom stereocenters. The zero-order valence-corrected chi connectivity index (χ0v) is 18.0. The Kier molecular flexibility index (Phi) is 6.73. The molecular formula is C23H19F3N6O3. The van der Waals surface area contributed by atoms with E-state index in [4.69, 9.17) is 15.6 Å². The zero-order valence-electron chi connectivity index (χ0n) is 18.0. The summed E-state index contributed by atoms with van der Waals surface area (Å²) in [6, 6.07) is 12.5. The molecule has 2 heterocycles. The van der Waals surface area contributed by atoms with Gasteiger partial charge in [-0.25, -0.2) is 19.6 Å². The molecule has 0 bridgehead atoms. The zero-order chi connectivity index (χ0) is 25.0. The van der Waals surface area contributed by atoms with Gasteiger partial charge in [-0.15, -0.1) is 0 Å². The molecule has 0 fully saturated rings. The molecule has 4 rings (SSSR count). The SMILES string of the molecule is N[C@@H](Cc1ccc(-c2cc(OC(c3ccc(-n4cncn4)cc3)C(F)(F)F)ncn2)cc1)C(=O)O. The summed E-state index contributed by atoms with van der Waals surface area (Å²) in [6.07, 6.45) is -2.96. The molecule has 3 N–H and O–H groups in total. The fraction of sp³-hybridized carbons (Fsp3) is 0.174. The van der Waals surface area contributed by atoms with Gasteiger partial charge >= 0.3 is 12.1 Å². The van der Waals surface area contributed by atoms with Crippen LogP contribution in [-0.2, 0) is 11.2 Å². The van der Waals surface area contributed by atoms with Gasteiger partial charge in [-0.2, -0.15) is 18.3 Å². The van der Waals surface area contributed by atoms with Gasteiger partial charge < -0.3 is 15.6 Å². The highest BCUT2D eigenvalue weighted by Gasteiger charge is 2.43. The smallest absolute Gasteiger partial charge is 0.429 e. The maximum absolute atomic E-state index is 13.8. The van der Waals surface area contributed by atoms with Crippen molar-refractivity contribution < 1.29 is 27.8 Å². The molecule has 180 valence electrons. The summed E-state index contributed by atoms with van der Waals surface area (Å²) in [4.78, 5) is 22.7. The second-order valence-corrected chi connectivity index (χ2v) is 7.56. The number of carboxylic acids is 1. The Hall–Kier alpha value is -4.32. The normalized spacial score (nSPS) is 13.3. The predicted molar refractivity (Wildman–Crippen MR) is 118 cm³/mol. The van der Waals surface area contributed by atoms with E-state index in [0.29, 0.717) is 22.5 Å². The van der Waals surface area contributed by atoms with Crippen molar-refractivity contribution in [3.05, 3.63) is 84.7 Å². The van der Waals surface area contributed by atoms with Crippen LogP contribution in [0.25, 0.3) is 16.9 Å². The largest absolute Gasteiger partial charge is 0.480 e. The molecule has 1 unspecified atom stereocenters. The number of carbonyl (C=O) groups is 1. The lowest BCUT2D eigenvalue weighted by Gasteiger charge is -2.22. The van der Waals surface area contributed by atoms with Crippen molar-refractivity contribution >= 4 is 5.97 Å². The molecule has 9 nitrogen and oxygen atoms in total. The number of alkyl halides is 3. The minimum Gasteiger partial charge on any atom is -0.480 e. The van der Waals surface area contributed by atoms with Crippen molar-refractivity contribution in [3.8, 4) is 22.8 Å². The first kappa shape index (κ1) is 23.8. The summed E-state index contributed by atoms with van der Waals surface area (Å²) in [5.74, 6) is -1.37. The molecule has 0 aliphatic carbocycles. The van der Waals surface area contributed by atoms with Gasteiger partial charge in [0.2, 0.25) is 12.0 Å². The van der Waals surface area contributed by atoms with Gasteiger partial charge in [-0.1, -0.05) is 36.4 Å². The summed E-state index contributed by atoms with van der Waals surface area (Å²) in [6.45, 7) is 0. The predicted octanol–water partition coefficient (Wildman–Crippen LogP) is 3.36. The molecule has 0 aliphatic heterocycles. The monoisotopic (exact) mass is 484 g/mol. The van der Waals surface area contributed by atoms with E-state index in [-0.39, 0.29) is 17.9 Å². The number of halogens is 3. The van der Waals surface area contributed by atoms with E-state index >= 15 is 0 Å². The van der Waals surface area contributed by atoms with E-state index in [1.165, 1.54) is 47.7 Å². The van der Waals surface area contributed by atoms with Crippen LogP contribution in [0, 0.1) is 0 Å². The van der Waals surface area contributed by atoms with E-state index in [1.54, 1.807) is 24.3 Å². The number of rotatable bonds is 8. The van der Waals surface area contributed by atoms with Gasteiger partial charge in [-0.05, 0) is 24.1 Å². The van der Waals surface area contributed by atoms with E-state index in [2.05, 4.69) is 20.1 Å². The molecule has 4 aromatic rings. The van der Waals surface area contributed by atoms with Crippen LogP contribution < -0.4 is 10.5 Å². The lowest BCUT2D eigenvalue weighted by Crippen LogP contribution is -2.32. The Labute approximate surface area is 197 Å². The van der Waals surface area contributed by atoms with E-state index < -0.39 is 24.3 Å². The number of hydrogen-bond donors (Lipinski definition) is 2. The number of benzene rings is 2. The third-order valence-corrected chi connectivity index (χ3v) is 5.08. The maximum Gasteiger partial charge on any atom is 0.429 e. The van der Waals surface area contributed by atoms with Crippen molar-refractivity contribution in [1.29, 1.82) is 0 Å². The fourth-order valence-corrected chi connectivity index (χ4v) is 3.30. The number of hydrogen-bond acceptors (Lipinski definition) is 7. The molecule has 2 aromatic heterocycles. The first-order valence-corrected chi connectivity index (χ1v) is 10.3. The van der Waals surface area contributed by atoms with Gasteiger partial charge in [-0.3, -0.25) is 4.79 Å². The highest BCUT2D eigenvalue weighted by Crippen LogP contribution is 2.37. The number of nitrogens with two attached hydrogens (primary N) is 1. The summed E-state index contributed by atoms with van der Waals surface area (Å²) in [5.41, 5.74) is 7.60. The Morgan fingerprint density at radius 1 is 1.06 bits per heavy atom. The van der Waals surface area contributed by atoms with Crippen LogP contribution in [0.1, 0.15) is 17.2 Å². The molecule has 0 radical (unpaired) electrons. The Morgan fingerprint density at radius 3 is 2.37 bits per heavy atom. The van der Waals surface area contributed by atoms with Gasteiger partial charge in [0.25, 0.3) is 0 Å². The third kappa shape index (κ3) is 5.79. The Balaban J connectivity index is 1.54. The van der Waals surface area contributed by atoms with Crippen molar-refractivity contribution in [2.75, 3.05) is 0 Å². The van der Waals surface area contributed by atoms with Crippen LogP contribution in [-0.4, -0.2) is 48.0 Å². The number of nitrogens with zero attached hydrogens (tertiary/aromatic N) is 5. The number of ether oxygens (including phenoxy) is 1. The standard InChI is InChI=1S/C23H19F3N6O3/c24-23(25,26)21(16-5-7-17(8-6-16)32-13-28-11-31-32)35-20-10-19(29-12-30-20)15-3-1-14(2-4-15)9-18(27)22(33)34/h1-8,10-13,18,21H,9,27H2,(H,33,34)/t18-,21?/m0/s1. The lowest BCUT2D eigenvalue weighted by atomic mass is 10.0. The van der Waals surface area contributed by atoms with Gasteiger partial charge in [0.05, 0.1) is 11.4 Å². The quantitative estimate of drug-likeness (QED) is 0.390. The van der Waals surface area contributed by atoms with Gasteiger partial charge in [0.15, 0.2) is 0 Å². The number of aliphatic carboxylic acids is 1. The first-order valence-electron chi connectivity index (χ1n) is 10.3. The van der Waals surface area contributed by atoms with E-state index in [9.17, 15) is 18.0 Å². The maximum atomic E-state index is 13.8. The average Bonchev–Trinajstić information content (AvgIpc) is 3.38. The number of carboxylic acid groups (broad SMARTS) is 1. The van der Waals surface area contributed by atoms with Gasteiger partial charge in [0.1, 0.15) is 25.0 Å². The van der Waals surface area contributed by atoms with Crippen molar-refractivity contribution in [1.82, 2.24) is 24.7 Å². The molecule has 0 amide bonds. The highest BCUT2D eigenvalue weighted by atomic mass is 19.4. The minimum atomic E-state index is -4.70. The fourth-order valence-electron chi connectivity index (χ4n) is 3.30. The second-order valence-electron chi connectivity index (χ2n) is 7.56. The molecule has 35 heavy (non-hydrogen) atoms. The van der Waals surface area contributed by atoms with Crippen LogP contribution >= 0.6 is 0 Å². The molecule has 0 spiro atoms. The topological polar surface area (TPSA) is 129 Å². The van der Waals surface area contributed by atoms with Crippen LogP contribution in [0.5, 0.6) is 5.88 Å². The highest BCUT2D eigenvalue weighted by molar-refractivity contribution is 5.73. The third-order valence-electron chi connectivity index (χ3n) is 5.08. The summed E-state index contributed by atoms with van der Waals surface area (Å²) < 4.78 is 48.2. The Bertz CT molecular complexity index is 1280. The second kappa shape index (κ2) is 9.89. The van der Waals surface area contributed by atoms with Crippen molar-refractivity contribution in [2.45, 2.75) is 24.7 Å². The van der Waals surface area contributed by atoms with Crippen molar-refractivity contribution in [3.63, 3.8) is 0 Å². The van der Waals surface area contributed by atoms with Crippen LogP contribution in [0.2, 0.25) is 0 Å². The van der Waals surface area contributed by atoms with Crippen LogP contribution in [0.4, 0.5) is 13.2 Å². The molecular weight excluding hydrogens is 465 g/mol. The summed E-state index contributed by atoms with van der Waals surface area (Å²) >= 11 is 0. The summed E-state index contributed by atoms with van der Waals surface area (Å²) in [7, 11) is 0. The minimum absolute atomic E-state index is 0.111. The molecule has 2 aromatic carbocycles. The van der Waals surface area contributed by atoms with Crippen LogP contribution in [0.3, 0.4) is 0 Å². The van der Waals surface area contributed by atoms with Crippen LogP contribution in [0.15, 0.2) is 73.6 Å². The van der Waals surface area contributed by atoms with Gasteiger partial charge in [0, 0.05) is 17.2 Å². The van der Waals surface area contributed by atoms with E-state index in [1.807, 2.05) is 0 Å². The first-order chi connectivity index (χ1) is 16.7. The average molecular weight is 484 g/mol. The molecule has 0 saturated carbocycles. The molecule has 12 heteroatoms. The molecule has 0 saturated heterocycles. The summed E-state index contributed by atoms with van der Waals surface area (Å²) in [5, 5.41) is 12.9. The molecule has 0 aliphatic rings. The van der Waals surface area contributed by atoms with Crippen molar-refractivity contribution in [2.24, 2.45) is 5.73 Å². The van der Waals surface area contributed by atoms with E-state index in [0.717, 1.165) is 6.33 Å². The Morgan fingerprint density at radius 2 is 1.77 bits per heavy atom. The number of aromatic nitrogens is 5. The lowest BCUT2D eigenvalue weighted by molar-refractivity contribution is -0.198.